The zero-order chi connectivity index (χ0) is 11.4. The summed E-state index contributed by atoms with van der Waals surface area (Å²) in [6, 6.07) is 7.32. The Balaban J connectivity index is 2.13. The molecule has 4 heteroatoms. The van der Waals surface area contributed by atoms with Gasteiger partial charge in [-0.15, -0.1) is 0 Å². The summed E-state index contributed by atoms with van der Waals surface area (Å²) in [5.74, 6) is 0.940. The van der Waals surface area contributed by atoms with Gasteiger partial charge in [0, 0.05) is 6.42 Å². The van der Waals surface area contributed by atoms with E-state index < -0.39 is 6.10 Å². The summed E-state index contributed by atoms with van der Waals surface area (Å²) >= 11 is 0. The zero-order valence-electron chi connectivity index (χ0n) is 9.14. The molecule has 1 aromatic rings. The lowest BCUT2D eigenvalue weighted by molar-refractivity contribution is -0.151. The molecule has 4 nitrogen and oxygen atoms in total. The number of hydrogen-bond acceptors (Lipinski definition) is 4. The number of fused-ring (bicyclic) bond motifs is 1. The van der Waals surface area contributed by atoms with Crippen molar-refractivity contribution in [3.8, 4) is 11.5 Å². The van der Waals surface area contributed by atoms with E-state index in [9.17, 15) is 4.79 Å². The van der Waals surface area contributed by atoms with Gasteiger partial charge in [-0.25, -0.2) is 4.79 Å². The molecule has 0 spiro atoms. The number of esters is 1. The first kappa shape index (κ1) is 10.8. The molecule has 0 saturated carbocycles. The highest BCUT2D eigenvalue weighted by molar-refractivity contribution is 5.75. The van der Waals surface area contributed by atoms with E-state index >= 15 is 0 Å². The molecule has 0 fully saturated rings. The summed E-state index contributed by atoms with van der Waals surface area (Å²) in [4.78, 5) is 11.6. The molecule has 0 aromatic heterocycles. The third-order valence-electron chi connectivity index (χ3n) is 2.31. The van der Waals surface area contributed by atoms with Crippen molar-refractivity contribution in [2.45, 2.75) is 19.4 Å². The smallest absolute Gasteiger partial charge is 0.347 e. The van der Waals surface area contributed by atoms with Gasteiger partial charge in [-0.1, -0.05) is 12.1 Å². The van der Waals surface area contributed by atoms with Crippen LogP contribution in [0.2, 0.25) is 0 Å². The van der Waals surface area contributed by atoms with Crippen LogP contribution in [0, 0.1) is 0 Å². The van der Waals surface area contributed by atoms with E-state index in [1.54, 1.807) is 13.0 Å². The number of carbonyl (C=O) groups excluding carboxylic acids is 1. The molecule has 0 N–H and O–H groups in total. The fraction of sp³-hybridized carbons (Fsp3) is 0.417. The minimum Gasteiger partial charge on any atom is -0.490 e. The van der Waals surface area contributed by atoms with Gasteiger partial charge in [-0.2, -0.15) is 0 Å². The summed E-state index contributed by atoms with van der Waals surface area (Å²) in [5.41, 5.74) is 0. The maximum absolute atomic E-state index is 11.6. The van der Waals surface area contributed by atoms with Gasteiger partial charge >= 0.3 is 5.97 Å². The van der Waals surface area contributed by atoms with Gasteiger partial charge in [0.2, 0.25) is 0 Å². The van der Waals surface area contributed by atoms with Gasteiger partial charge in [0.15, 0.2) is 17.6 Å². The third-order valence-corrected chi connectivity index (χ3v) is 2.31. The van der Waals surface area contributed by atoms with Crippen LogP contribution in [-0.4, -0.2) is 25.3 Å². The summed E-state index contributed by atoms with van der Waals surface area (Å²) < 4.78 is 16.0. The van der Waals surface area contributed by atoms with E-state index in [-0.39, 0.29) is 5.97 Å². The number of carbonyl (C=O) groups is 1. The van der Waals surface area contributed by atoms with Crippen molar-refractivity contribution in [1.29, 1.82) is 0 Å². The molecular formula is C12H14O4. The molecule has 86 valence electrons. The summed E-state index contributed by atoms with van der Waals surface area (Å²) in [6.07, 6.45) is -0.0587. The molecule has 16 heavy (non-hydrogen) atoms. The molecule has 1 atom stereocenters. The van der Waals surface area contributed by atoms with E-state index in [1.165, 1.54) is 0 Å². The van der Waals surface area contributed by atoms with Gasteiger partial charge in [-0.05, 0) is 19.1 Å². The van der Waals surface area contributed by atoms with Crippen LogP contribution in [0.15, 0.2) is 24.3 Å². The predicted octanol–water partition coefficient (Wildman–Crippen LogP) is 1.78. The third kappa shape index (κ3) is 2.27. The quantitative estimate of drug-likeness (QED) is 0.715. The molecular weight excluding hydrogens is 208 g/mol. The number of hydrogen-bond donors (Lipinski definition) is 0. The lowest BCUT2D eigenvalue weighted by Gasteiger charge is -2.14. The lowest BCUT2D eigenvalue weighted by atomic mass is 10.2. The predicted molar refractivity (Wildman–Crippen MR) is 57.6 cm³/mol. The Morgan fingerprint density at radius 1 is 1.44 bits per heavy atom. The Morgan fingerprint density at radius 2 is 2.19 bits per heavy atom. The van der Waals surface area contributed by atoms with Crippen LogP contribution in [0.5, 0.6) is 11.5 Å². The minimum atomic E-state index is -0.566. The Morgan fingerprint density at radius 3 is 2.94 bits per heavy atom. The number of para-hydroxylation sites is 2. The second-order valence-corrected chi connectivity index (χ2v) is 3.44. The largest absolute Gasteiger partial charge is 0.490 e. The molecule has 0 aliphatic carbocycles. The van der Waals surface area contributed by atoms with Gasteiger partial charge in [0.05, 0.1) is 13.2 Å². The van der Waals surface area contributed by atoms with E-state index in [0.717, 1.165) is 0 Å². The molecule has 0 bridgehead atoms. The normalized spacial score (nSPS) is 18.7. The Kier molecular flexibility index (Phi) is 3.29. The van der Waals surface area contributed by atoms with Crippen molar-refractivity contribution in [1.82, 2.24) is 0 Å². The maximum Gasteiger partial charge on any atom is 0.347 e. The number of rotatable bonds is 2. The summed E-state index contributed by atoms with van der Waals surface area (Å²) in [5, 5.41) is 0. The van der Waals surface area contributed by atoms with Crippen LogP contribution in [0.1, 0.15) is 13.3 Å². The van der Waals surface area contributed by atoms with Crippen molar-refractivity contribution in [3.63, 3.8) is 0 Å². The second-order valence-electron chi connectivity index (χ2n) is 3.44. The van der Waals surface area contributed by atoms with Crippen LogP contribution < -0.4 is 9.47 Å². The standard InChI is InChI=1S/C12H14O4/c1-2-14-12(13)11-7-8-15-9-5-3-4-6-10(9)16-11/h3-6,11H,2,7-8H2,1H3/t11-/m1/s1. The zero-order valence-corrected chi connectivity index (χ0v) is 9.14. The van der Waals surface area contributed by atoms with Crippen molar-refractivity contribution < 1.29 is 19.0 Å². The van der Waals surface area contributed by atoms with Crippen LogP contribution in [0.4, 0.5) is 0 Å². The SMILES string of the molecule is CCOC(=O)[C@H]1CCOc2ccccc2O1. The lowest BCUT2D eigenvalue weighted by Crippen LogP contribution is -2.29. The van der Waals surface area contributed by atoms with Crippen LogP contribution in [0.3, 0.4) is 0 Å². The summed E-state index contributed by atoms with van der Waals surface area (Å²) in [7, 11) is 0. The molecule has 0 saturated heterocycles. The molecule has 2 rings (SSSR count). The Hall–Kier alpha value is -1.71. The number of benzene rings is 1. The van der Waals surface area contributed by atoms with Gasteiger partial charge in [0.1, 0.15) is 0 Å². The fourth-order valence-corrected chi connectivity index (χ4v) is 1.56. The van der Waals surface area contributed by atoms with Gasteiger partial charge in [0.25, 0.3) is 0 Å². The van der Waals surface area contributed by atoms with Crippen molar-refractivity contribution in [3.05, 3.63) is 24.3 Å². The first-order chi connectivity index (χ1) is 7.81. The maximum atomic E-state index is 11.6. The second kappa shape index (κ2) is 4.88. The van der Waals surface area contributed by atoms with Gasteiger partial charge in [-0.3, -0.25) is 0 Å². The molecule has 0 radical (unpaired) electrons. The molecule has 0 unspecified atom stereocenters. The average molecular weight is 222 g/mol. The van der Waals surface area contributed by atoms with Gasteiger partial charge < -0.3 is 14.2 Å². The highest BCUT2D eigenvalue weighted by atomic mass is 16.6. The highest BCUT2D eigenvalue weighted by Crippen LogP contribution is 2.30. The topological polar surface area (TPSA) is 44.8 Å². The molecule has 1 aliphatic heterocycles. The van der Waals surface area contributed by atoms with Crippen molar-refractivity contribution in [2.24, 2.45) is 0 Å². The molecule has 1 heterocycles. The first-order valence-corrected chi connectivity index (χ1v) is 5.36. The average Bonchev–Trinajstić information content (AvgIpc) is 2.51. The fourth-order valence-electron chi connectivity index (χ4n) is 1.56. The van der Waals surface area contributed by atoms with Crippen LogP contribution in [0.25, 0.3) is 0 Å². The molecule has 1 aliphatic rings. The van der Waals surface area contributed by atoms with Crippen LogP contribution >= 0.6 is 0 Å². The van der Waals surface area contributed by atoms with E-state index in [0.29, 0.717) is 31.1 Å². The van der Waals surface area contributed by atoms with Crippen molar-refractivity contribution >= 4 is 5.97 Å². The monoisotopic (exact) mass is 222 g/mol. The summed E-state index contributed by atoms with van der Waals surface area (Å²) in [6.45, 7) is 2.60. The van der Waals surface area contributed by atoms with E-state index in [2.05, 4.69) is 0 Å². The first-order valence-electron chi connectivity index (χ1n) is 5.36. The molecule has 0 amide bonds. The Labute approximate surface area is 94.1 Å². The van der Waals surface area contributed by atoms with Crippen LogP contribution in [-0.2, 0) is 9.53 Å². The number of ether oxygens (including phenoxy) is 3. The van der Waals surface area contributed by atoms with Crippen molar-refractivity contribution in [2.75, 3.05) is 13.2 Å². The van der Waals surface area contributed by atoms with E-state index in [4.69, 9.17) is 14.2 Å². The minimum absolute atomic E-state index is 0.331. The highest BCUT2D eigenvalue weighted by Gasteiger charge is 2.25. The Bertz CT molecular complexity index is 375. The molecule has 1 aromatic carbocycles. The van der Waals surface area contributed by atoms with E-state index in [1.807, 2.05) is 18.2 Å².